The average Bonchev–Trinajstić information content (AvgIpc) is 2.45. The van der Waals surface area contributed by atoms with Gasteiger partial charge in [0.25, 0.3) is 0 Å². The van der Waals surface area contributed by atoms with Crippen molar-refractivity contribution in [2.45, 2.75) is 13.3 Å². The Morgan fingerprint density at radius 2 is 2.14 bits per heavy atom. The molecule has 0 radical (unpaired) electrons. The molecule has 0 aromatic rings. The summed E-state index contributed by atoms with van der Waals surface area (Å²) in [6.45, 7) is 1.50. The Bertz CT molecular complexity index is 433. The number of thioether (sulfide) groups is 1. The molecule has 0 rings (SSSR count). The van der Waals surface area contributed by atoms with E-state index in [2.05, 4.69) is 10.3 Å². The fourth-order valence-electron chi connectivity index (χ4n) is 1.35. The smallest absolute Gasteiger partial charge is 0.221 e. The molecule has 2 amide bonds. The Morgan fingerprint density at radius 1 is 1.45 bits per heavy atom. The van der Waals surface area contributed by atoms with Crippen LogP contribution in [0.5, 0.6) is 0 Å². The summed E-state index contributed by atoms with van der Waals surface area (Å²) in [7, 11) is 0.456. The molecule has 4 N–H and O–H groups in total. The van der Waals surface area contributed by atoms with E-state index < -0.39 is 17.8 Å². The van der Waals surface area contributed by atoms with E-state index in [-0.39, 0.29) is 24.9 Å². The number of aliphatic carboxylic acids is 1. The molecule has 2 atom stereocenters. The first kappa shape index (κ1) is 20.3. The standard InChI is InChI=1S/C12H20BN3O5S/c1-8(11(14)18)6-22-3-2-9(12(19)20)4-16-10(17)5-15-7-13-21/h7-9H,2-6H2,1H3,(H2,14,18)(H,16,17)(H,19,20). The molecule has 8 nitrogen and oxygen atoms in total. The summed E-state index contributed by atoms with van der Waals surface area (Å²) in [6.07, 6.45) is 1.33. The molecule has 122 valence electrons. The Kier molecular flexibility index (Phi) is 11.0. The molecule has 0 aromatic heterocycles. The minimum Gasteiger partial charge on any atom is -0.369 e. The second-order valence-corrected chi connectivity index (χ2v) is 5.78. The van der Waals surface area contributed by atoms with Crippen LogP contribution in [0.2, 0.25) is 0 Å². The van der Waals surface area contributed by atoms with E-state index in [0.29, 0.717) is 25.1 Å². The molecule has 0 fully saturated rings. The molecule has 0 aliphatic heterocycles. The Balaban J connectivity index is 4.03. The summed E-state index contributed by atoms with van der Waals surface area (Å²) in [6, 6.07) is 0. The molecule has 10 heteroatoms. The van der Waals surface area contributed by atoms with Gasteiger partial charge in [0.15, 0.2) is 0 Å². The number of carboxylic acids is 1. The zero-order chi connectivity index (χ0) is 17.0. The van der Waals surface area contributed by atoms with Crippen LogP contribution >= 0.6 is 11.8 Å². The first-order valence-corrected chi connectivity index (χ1v) is 7.84. The minimum atomic E-state index is -1.000. The van der Waals surface area contributed by atoms with E-state index in [0.717, 1.165) is 6.11 Å². The number of carbonyl (C=O) groups excluding carboxylic acids is 2. The number of nitrogens with two attached hydrogens (primary N) is 1. The van der Waals surface area contributed by atoms with Crippen molar-refractivity contribution in [1.82, 2.24) is 5.32 Å². The molecular formula is C12H20BN3O5S. The van der Waals surface area contributed by atoms with E-state index in [4.69, 9.17) is 10.8 Å². The van der Waals surface area contributed by atoms with E-state index >= 15 is 0 Å². The van der Waals surface area contributed by atoms with Crippen LogP contribution in [-0.2, 0) is 19.1 Å². The van der Waals surface area contributed by atoms with Crippen molar-refractivity contribution in [2.75, 3.05) is 24.6 Å². The summed E-state index contributed by atoms with van der Waals surface area (Å²) in [5, 5.41) is 11.5. The van der Waals surface area contributed by atoms with Gasteiger partial charge in [-0.3, -0.25) is 4.79 Å². The fraction of sp³-hybridized carbons (Fsp3) is 0.667. The largest absolute Gasteiger partial charge is 0.369 e. The van der Waals surface area contributed by atoms with E-state index in [1.165, 1.54) is 11.8 Å². The predicted molar refractivity (Wildman–Crippen MR) is 84.2 cm³/mol. The zero-order valence-electron chi connectivity index (χ0n) is 12.4. The maximum Gasteiger partial charge on any atom is 0.221 e. The van der Waals surface area contributed by atoms with Gasteiger partial charge in [-0.05, 0) is 0 Å². The summed E-state index contributed by atoms with van der Waals surface area (Å²) in [5.41, 5.74) is 5.13. The number of nitrogens with one attached hydrogen (secondary N) is 1. The van der Waals surface area contributed by atoms with Crippen LogP contribution < -0.4 is 11.1 Å². The van der Waals surface area contributed by atoms with E-state index in [1.807, 2.05) is 0 Å². The Hall–Kier alpha value is -1.71. The van der Waals surface area contributed by atoms with Crippen LogP contribution in [0.3, 0.4) is 0 Å². The summed E-state index contributed by atoms with van der Waals surface area (Å²) >= 11 is 1.45. The second kappa shape index (κ2) is 11.9. The van der Waals surface area contributed by atoms with Crippen LogP contribution in [0.4, 0.5) is 0 Å². The van der Waals surface area contributed by atoms with Crippen molar-refractivity contribution in [3.8, 4) is 0 Å². The molecule has 0 bridgehead atoms. The molecule has 0 aliphatic carbocycles. The number of rotatable bonds is 12. The number of aliphatic imine (C=N–C) groups is 1. The normalized spacial score (nSPS) is 13.3. The Labute approximate surface area is 133 Å². The number of nitrogens with zero attached hydrogens (tertiary/aromatic N) is 1. The number of amides is 2. The van der Waals surface area contributed by atoms with Crippen molar-refractivity contribution in [2.24, 2.45) is 22.6 Å². The third kappa shape index (κ3) is 10.1. The molecular weight excluding hydrogens is 309 g/mol. The molecule has 0 saturated heterocycles. The molecule has 2 unspecified atom stereocenters. The second-order valence-electron chi connectivity index (χ2n) is 4.63. The fourth-order valence-corrected chi connectivity index (χ4v) is 2.49. The third-order valence-electron chi connectivity index (χ3n) is 2.76. The number of hydrogen-bond donors (Lipinski definition) is 3. The Morgan fingerprint density at radius 3 is 2.68 bits per heavy atom. The number of carbonyl (C=O) groups is 3. The van der Waals surface area contributed by atoms with Gasteiger partial charge >= 0.3 is 109 Å². The van der Waals surface area contributed by atoms with Gasteiger partial charge in [0.05, 0.1) is 0 Å². The van der Waals surface area contributed by atoms with Gasteiger partial charge in [-0.15, -0.1) is 0 Å². The minimum absolute atomic E-state index is 0.00326. The number of carboxylic acid groups (broad SMARTS) is 1. The first-order valence-electron chi connectivity index (χ1n) is 6.68. The van der Waals surface area contributed by atoms with Crippen molar-refractivity contribution >= 4 is 42.8 Å². The van der Waals surface area contributed by atoms with E-state index in [1.54, 1.807) is 6.92 Å². The van der Waals surface area contributed by atoms with Gasteiger partial charge < -0.3 is 5.73 Å². The molecule has 0 saturated carbocycles. The first-order chi connectivity index (χ1) is 10.4. The molecule has 0 aromatic carbocycles. The van der Waals surface area contributed by atoms with Crippen molar-refractivity contribution in [3.63, 3.8) is 0 Å². The third-order valence-corrected chi connectivity index (χ3v) is 4.02. The maximum absolute atomic E-state index is 11.3. The van der Waals surface area contributed by atoms with Gasteiger partial charge in [-0.25, -0.2) is 0 Å². The van der Waals surface area contributed by atoms with Crippen molar-refractivity contribution in [1.29, 1.82) is 0 Å². The SMILES string of the molecule is CC(CSCCC(CNC(=O)CN=CB=O)C(=O)O)C(N)=O. The molecule has 0 spiro atoms. The van der Waals surface area contributed by atoms with Gasteiger partial charge in [0.2, 0.25) is 5.91 Å². The van der Waals surface area contributed by atoms with E-state index in [9.17, 15) is 19.1 Å². The van der Waals surface area contributed by atoms with Crippen LogP contribution in [-0.4, -0.2) is 60.7 Å². The van der Waals surface area contributed by atoms with Crippen molar-refractivity contribution in [3.05, 3.63) is 0 Å². The number of hydrogen-bond acceptors (Lipinski definition) is 6. The summed E-state index contributed by atoms with van der Waals surface area (Å²) in [5.74, 6) is -1.72. The molecule has 0 heterocycles. The maximum atomic E-state index is 11.3. The molecule has 0 aliphatic rings. The average molecular weight is 329 g/mol. The molecule has 22 heavy (non-hydrogen) atoms. The van der Waals surface area contributed by atoms with Gasteiger partial charge in [-0.1, -0.05) is 6.92 Å². The van der Waals surface area contributed by atoms with Crippen LogP contribution in [0.1, 0.15) is 13.3 Å². The van der Waals surface area contributed by atoms with Crippen LogP contribution in [0.25, 0.3) is 0 Å². The van der Waals surface area contributed by atoms with Crippen LogP contribution in [0.15, 0.2) is 4.99 Å². The topological polar surface area (TPSA) is 139 Å². The van der Waals surface area contributed by atoms with Crippen LogP contribution in [0, 0.1) is 11.8 Å². The monoisotopic (exact) mass is 329 g/mol. The van der Waals surface area contributed by atoms with Gasteiger partial charge in [0, 0.05) is 0 Å². The van der Waals surface area contributed by atoms with Crippen molar-refractivity contribution < 1.29 is 24.2 Å². The summed E-state index contributed by atoms with van der Waals surface area (Å²) < 4.78 is 9.99. The van der Waals surface area contributed by atoms with Gasteiger partial charge in [0.1, 0.15) is 0 Å². The predicted octanol–water partition coefficient (Wildman–Crippen LogP) is -0.874. The zero-order valence-corrected chi connectivity index (χ0v) is 13.2. The van der Waals surface area contributed by atoms with Gasteiger partial charge in [-0.2, -0.15) is 0 Å². The number of primary amides is 1. The quantitative estimate of drug-likeness (QED) is 0.241. The summed E-state index contributed by atoms with van der Waals surface area (Å²) in [4.78, 5) is 36.8.